The molecule has 0 spiro atoms. The standard InChI is InChI=1S/C19H23FN2O3S/c1-5-14(4)22-26(24,25)16-8-9-18(20)17(11-16)19(23)21-15-7-6-12(2)13(3)10-15/h6-11,14,22H,5H2,1-4H3,(H,21,23)/t14-/m0/s1. The van der Waals surface area contributed by atoms with Crippen LogP contribution >= 0.6 is 0 Å². The van der Waals surface area contributed by atoms with E-state index in [2.05, 4.69) is 10.0 Å². The summed E-state index contributed by atoms with van der Waals surface area (Å²) in [5.74, 6) is -1.49. The highest BCUT2D eigenvalue weighted by Gasteiger charge is 2.21. The molecule has 140 valence electrons. The van der Waals surface area contributed by atoms with Crippen LogP contribution < -0.4 is 10.0 Å². The van der Waals surface area contributed by atoms with E-state index in [-0.39, 0.29) is 16.5 Å². The summed E-state index contributed by atoms with van der Waals surface area (Å²) in [5.41, 5.74) is 2.24. The second kappa shape index (κ2) is 7.97. The average Bonchev–Trinajstić information content (AvgIpc) is 2.57. The highest BCUT2D eigenvalue weighted by atomic mass is 32.2. The van der Waals surface area contributed by atoms with Crippen molar-refractivity contribution in [1.82, 2.24) is 4.72 Å². The minimum Gasteiger partial charge on any atom is -0.322 e. The van der Waals surface area contributed by atoms with Crippen LogP contribution in [-0.2, 0) is 10.0 Å². The zero-order valence-electron chi connectivity index (χ0n) is 15.3. The van der Waals surface area contributed by atoms with Gasteiger partial charge in [0.05, 0.1) is 10.5 Å². The van der Waals surface area contributed by atoms with E-state index in [1.54, 1.807) is 19.1 Å². The van der Waals surface area contributed by atoms with Crippen LogP contribution in [0.4, 0.5) is 10.1 Å². The van der Waals surface area contributed by atoms with Crippen LogP contribution in [0.25, 0.3) is 0 Å². The molecule has 2 aromatic rings. The number of sulfonamides is 1. The Morgan fingerprint density at radius 3 is 2.42 bits per heavy atom. The molecule has 0 aliphatic rings. The Morgan fingerprint density at radius 2 is 1.81 bits per heavy atom. The van der Waals surface area contributed by atoms with Crippen LogP contribution in [0, 0.1) is 19.7 Å². The minimum atomic E-state index is -3.83. The maximum Gasteiger partial charge on any atom is 0.258 e. The zero-order chi connectivity index (χ0) is 19.5. The van der Waals surface area contributed by atoms with Crippen LogP contribution in [0.2, 0.25) is 0 Å². The Morgan fingerprint density at radius 1 is 1.12 bits per heavy atom. The molecule has 0 saturated heterocycles. The quantitative estimate of drug-likeness (QED) is 0.803. The fraction of sp³-hybridized carbons (Fsp3) is 0.316. The fourth-order valence-electron chi connectivity index (χ4n) is 2.28. The normalized spacial score (nSPS) is 12.7. The van der Waals surface area contributed by atoms with Gasteiger partial charge in [0.25, 0.3) is 5.91 Å². The van der Waals surface area contributed by atoms with Crippen molar-refractivity contribution in [3.05, 3.63) is 58.9 Å². The van der Waals surface area contributed by atoms with E-state index in [4.69, 9.17) is 0 Å². The van der Waals surface area contributed by atoms with Crippen molar-refractivity contribution in [3.8, 4) is 0 Å². The summed E-state index contributed by atoms with van der Waals surface area (Å²) in [6, 6.07) is 8.25. The first-order valence-corrected chi connectivity index (χ1v) is 9.83. The van der Waals surface area contributed by atoms with Crippen molar-refractivity contribution in [1.29, 1.82) is 0 Å². The molecule has 7 heteroatoms. The minimum absolute atomic E-state index is 0.149. The van der Waals surface area contributed by atoms with Gasteiger partial charge in [0, 0.05) is 11.7 Å². The first-order chi connectivity index (χ1) is 12.1. The Hall–Kier alpha value is -2.25. The van der Waals surface area contributed by atoms with Crippen LogP contribution in [0.5, 0.6) is 0 Å². The fourth-order valence-corrected chi connectivity index (χ4v) is 3.63. The van der Waals surface area contributed by atoms with Gasteiger partial charge in [0.2, 0.25) is 10.0 Å². The molecule has 2 N–H and O–H groups in total. The van der Waals surface area contributed by atoms with E-state index in [1.165, 1.54) is 0 Å². The largest absolute Gasteiger partial charge is 0.322 e. The number of aryl methyl sites for hydroxylation is 2. The Labute approximate surface area is 153 Å². The predicted octanol–water partition coefficient (Wildman–Crippen LogP) is 3.77. The van der Waals surface area contributed by atoms with E-state index in [0.717, 1.165) is 29.3 Å². The second-order valence-electron chi connectivity index (χ2n) is 6.33. The number of nitrogens with one attached hydrogen (secondary N) is 2. The number of benzene rings is 2. The maximum atomic E-state index is 14.1. The van der Waals surface area contributed by atoms with Gasteiger partial charge in [0.1, 0.15) is 5.82 Å². The topological polar surface area (TPSA) is 75.3 Å². The van der Waals surface area contributed by atoms with Crippen molar-refractivity contribution >= 4 is 21.6 Å². The monoisotopic (exact) mass is 378 g/mol. The van der Waals surface area contributed by atoms with E-state index >= 15 is 0 Å². The number of anilines is 1. The first kappa shape index (κ1) is 20.1. The van der Waals surface area contributed by atoms with Crippen LogP contribution in [-0.4, -0.2) is 20.4 Å². The molecule has 0 radical (unpaired) electrons. The summed E-state index contributed by atoms with van der Waals surface area (Å²) in [6.45, 7) is 7.42. The summed E-state index contributed by atoms with van der Waals surface area (Å²) in [4.78, 5) is 12.3. The maximum absolute atomic E-state index is 14.1. The lowest BCUT2D eigenvalue weighted by molar-refractivity contribution is 0.102. The predicted molar refractivity (Wildman–Crippen MR) is 100 cm³/mol. The highest BCUT2D eigenvalue weighted by molar-refractivity contribution is 7.89. The summed E-state index contributed by atoms with van der Waals surface area (Å²) in [7, 11) is -3.83. The van der Waals surface area contributed by atoms with Gasteiger partial charge in [-0.2, -0.15) is 0 Å². The third-order valence-corrected chi connectivity index (χ3v) is 5.81. The van der Waals surface area contributed by atoms with Crippen molar-refractivity contribution < 1.29 is 17.6 Å². The van der Waals surface area contributed by atoms with Crippen molar-refractivity contribution in [3.63, 3.8) is 0 Å². The molecule has 2 aromatic carbocycles. The Bertz CT molecular complexity index is 926. The summed E-state index contributed by atoms with van der Waals surface area (Å²) in [5, 5.41) is 2.60. The molecule has 0 aromatic heterocycles. The molecule has 1 amide bonds. The molecule has 0 saturated carbocycles. The van der Waals surface area contributed by atoms with Gasteiger partial charge in [-0.15, -0.1) is 0 Å². The van der Waals surface area contributed by atoms with Gasteiger partial charge in [-0.05, 0) is 68.7 Å². The van der Waals surface area contributed by atoms with Crippen molar-refractivity contribution in [2.45, 2.75) is 45.1 Å². The van der Waals surface area contributed by atoms with E-state index in [1.807, 2.05) is 26.8 Å². The summed E-state index contributed by atoms with van der Waals surface area (Å²) < 4.78 is 41.3. The average molecular weight is 378 g/mol. The molecular formula is C19H23FN2O3S. The first-order valence-electron chi connectivity index (χ1n) is 8.34. The molecule has 0 aliphatic heterocycles. The van der Waals surface area contributed by atoms with Crippen LogP contribution in [0.3, 0.4) is 0 Å². The number of hydrogen-bond acceptors (Lipinski definition) is 3. The van der Waals surface area contributed by atoms with Gasteiger partial charge in [-0.25, -0.2) is 17.5 Å². The molecule has 5 nitrogen and oxygen atoms in total. The summed E-state index contributed by atoms with van der Waals surface area (Å²) >= 11 is 0. The smallest absolute Gasteiger partial charge is 0.258 e. The number of rotatable bonds is 6. The molecular weight excluding hydrogens is 355 g/mol. The number of hydrogen-bond donors (Lipinski definition) is 2. The third kappa shape index (κ3) is 4.68. The molecule has 2 rings (SSSR count). The number of carbonyl (C=O) groups excluding carboxylic acids is 1. The zero-order valence-corrected chi connectivity index (χ0v) is 16.1. The highest BCUT2D eigenvalue weighted by Crippen LogP contribution is 2.19. The van der Waals surface area contributed by atoms with Gasteiger partial charge in [-0.1, -0.05) is 13.0 Å². The number of halogens is 1. The van der Waals surface area contributed by atoms with E-state index in [0.29, 0.717) is 12.1 Å². The molecule has 0 unspecified atom stereocenters. The van der Waals surface area contributed by atoms with Gasteiger partial charge in [0.15, 0.2) is 0 Å². The van der Waals surface area contributed by atoms with Gasteiger partial charge in [-0.3, -0.25) is 4.79 Å². The third-order valence-electron chi connectivity index (χ3n) is 4.23. The summed E-state index contributed by atoms with van der Waals surface area (Å²) in [6.07, 6.45) is 0.612. The van der Waals surface area contributed by atoms with Crippen molar-refractivity contribution in [2.75, 3.05) is 5.32 Å². The SMILES string of the molecule is CC[C@H](C)NS(=O)(=O)c1ccc(F)c(C(=O)Nc2ccc(C)c(C)c2)c1. The molecule has 0 aliphatic carbocycles. The van der Waals surface area contributed by atoms with E-state index in [9.17, 15) is 17.6 Å². The molecule has 0 bridgehead atoms. The molecule has 26 heavy (non-hydrogen) atoms. The molecule has 1 atom stereocenters. The number of carbonyl (C=O) groups is 1. The Kier molecular flexibility index (Phi) is 6.15. The van der Waals surface area contributed by atoms with Crippen LogP contribution in [0.15, 0.2) is 41.3 Å². The molecule has 0 fully saturated rings. The van der Waals surface area contributed by atoms with Crippen LogP contribution in [0.1, 0.15) is 41.8 Å². The van der Waals surface area contributed by atoms with E-state index < -0.39 is 21.7 Å². The van der Waals surface area contributed by atoms with Crippen molar-refractivity contribution in [2.24, 2.45) is 0 Å². The Balaban J connectivity index is 2.31. The van der Waals surface area contributed by atoms with Gasteiger partial charge < -0.3 is 5.32 Å². The second-order valence-corrected chi connectivity index (χ2v) is 8.04. The lowest BCUT2D eigenvalue weighted by atomic mass is 10.1. The van der Waals surface area contributed by atoms with Gasteiger partial charge >= 0.3 is 0 Å². The lowest BCUT2D eigenvalue weighted by Gasteiger charge is -2.13. The molecule has 0 heterocycles. The number of amides is 1. The lowest BCUT2D eigenvalue weighted by Crippen LogP contribution is -2.32.